The van der Waals surface area contributed by atoms with Gasteiger partial charge in [0.05, 0.1) is 11.8 Å². The van der Waals surface area contributed by atoms with E-state index < -0.39 is 0 Å². The summed E-state index contributed by atoms with van der Waals surface area (Å²) in [4.78, 5) is 14.0. The van der Waals surface area contributed by atoms with Crippen molar-refractivity contribution in [2.75, 3.05) is 18.1 Å². The molecule has 0 saturated carbocycles. The van der Waals surface area contributed by atoms with Crippen molar-refractivity contribution in [2.24, 2.45) is 0 Å². The van der Waals surface area contributed by atoms with Gasteiger partial charge < -0.3 is 4.90 Å². The summed E-state index contributed by atoms with van der Waals surface area (Å²) in [6.45, 7) is 2.88. The highest BCUT2D eigenvalue weighted by molar-refractivity contribution is 7.99. The number of likely N-dealkylation sites (tertiary alicyclic amines) is 1. The molecular formula is C14H18FNOS. The maximum Gasteiger partial charge on any atom is 0.233 e. The van der Waals surface area contributed by atoms with Crippen LogP contribution in [0, 0.1) is 5.82 Å². The van der Waals surface area contributed by atoms with Crippen molar-refractivity contribution in [1.29, 1.82) is 0 Å². The monoisotopic (exact) mass is 267 g/mol. The molecule has 0 aliphatic carbocycles. The number of hydrogen-bond acceptors (Lipinski definition) is 2. The number of benzene rings is 1. The summed E-state index contributed by atoms with van der Waals surface area (Å²) >= 11 is 1.65. The molecule has 0 N–H and O–H groups in total. The fourth-order valence-corrected chi connectivity index (χ4v) is 2.91. The lowest BCUT2D eigenvalue weighted by molar-refractivity contribution is -0.129. The van der Waals surface area contributed by atoms with Crippen molar-refractivity contribution in [3.8, 4) is 0 Å². The first-order chi connectivity index (χ1) is 8.72. The number of nitrogens with zero attached hydrogens (tertiary/aromatic N) is 1. The molecular weight excluding hydrogens is 249 g/mol. The van der Waals surface area contributed by atoms with E-state index in [1.54, 1.807) is 23.9 Å². The SMILES string of the molecule is CCSCC(=O)N1CCCC1c1ccc(F)cc1. The zero-order chi connectivity index (χ0) is 13.0. The van der Waals surface area contributed by atoms with Gasteiger partial charge in [0.2, 0.25) is 5.91 Å². The summed E-state index contributed by atoms with van der Waals surface area (Å²) < 4.78 is 12.9. The van der Waals surface area contributed by atoms with Crippen LogP contribution in [-0.4, -0.2) is 28.9 Å². The number of thioether (sulfide) groups is 1. The van der Waals surface area contributed by atoms with Crippen molar-refractivity contribution in [3.05, 3.63) is 35.6 Å². The molecule has 98 valence electrons. The van der Waals surface area contributed by atoms with Gasteiger partial charge in [-0.05, 0) is 36.3 Å². The Morgan fingerprint density at radius 2 is 2.17 bits per heavy atom. The second-order valence-corrected chi connectivity index (χ2v) is 5.71. The molecule has 4 heteroatoms. The van der Waals surface area contributed by atoms with Crippen molar-refractivity contribution < 1.29 is 9.18 Å². The van der Waals surface area contributed by atoms with Gasteiger partial charge in [-0.15, -0.1) is 0 Å². The lowest BCUT2D eigenvalue weighted by atomic mass is 10.0. The first-order valence-corrected chi connectivity index (χ1v) is 7.50. The predicted molar refractivity (Wildman–Crippen MR) is 73.1 cm³/mol. The maximum absolute atomic E-state index is 12.9. The van der Waals surface area contributed by atoms with Crippen LogP contribution in [0.4, 0.5) is 4.39 Å². The number of amides is 1. The standard InChI is InChI=1S/C14H18FNOS/c1-2-18-10-14(17)16-9-3-4-13(16)11-5-7-12(15)8-6-11/h5-8,13H,2-4,9-10H2,1H3. The number of hydrogen-bond donors (Lipinski definition) is 0. The molecule has 1 amide bonds. The zero-order valence-corrected chi connectivity index (χ0v) is 11.4. The first kappa shape index (κ1) is 13.4. The quantitative estimate of drug-likeness (QED) is 0.834. The molecule has 1 aliphatic rings. The van der Waals surface area contributed by atoms with E-state index in [4.69, 9.17) is 0 Å². The Labute approximate surface area is 112 Å². The smallest absolute Gasteiger partial charge is 0.233 e. The van der Waals surface area contributed by atoms with E-state index in [0.29, 0.717) is 5.75 Å². The van der Waals surface area contributed by atoms with E-state index >= 15 is 0 Å². The minimum absolute atomic E-state index is 0.135. The fraction of sp³-hybridized carbons (Fsp3) is 0.500. The van der Waals surface area contributed by atoms with E-state index in [2.05, 4.69) is 6.92 Å². The Hall–Kier alpha value is -1.03. The van der Waals surface area contributed by atoms with Crippen LogP contribution in [0.25, 0.3) is 0 Å². The van der Waals surface area contributed by atoms with Gasteiger partial charge in [-0.3, -0.25) is 4.79 Å². The molecule has 0 spiro atoms. The van der Waals surface area contributed by atoms with Gasteiger partial charge in [0.25, 0.3) is 0 Å². The van der Waals surface area contributed by atoms with E-state index in [1.807, 2.05) is 4.90 Å². The molecule has 2 rings (SSSR count). The van der Waals surface area contributed by atoms with Gasteiger partial charge in [-0.2, -0.15) is 11.8 Å². The molecule has 2 nitrogen and oxygen atoms in total. The third kappa shape index (κ3) is 3.05. The zero-order valence-electron chi connectivity index (χ0n) is 10.6. The summed E-state index contributed by atoms with van der Waals surface area (Å²) in [6, 6.07) is 6.65. The summed E-state index contributed by atoms with van der Waals surface area (Å²) in [5, 5.41) is 0. The molecule has 1 aliphatic heterocycles. The highest BCUT2D eigenvalue weighted by Gasteiger charge is 2.29. The molecule has 1 saturated heterocycles. The average Bonchev–Trinajstić information content (AvgIpc) is 2.86. The van der Waals surface area contributed by atoms with Gasteiger partial charge in [0.15, 0.2) is 0 Å². The van der Waals surface area contributed by atoms with E-state index in [-0.39, 0.29) is 17.8 Å². The highest BCUT2D eigenvalue weighted by Crippen LogP contribution is 2.32. The topological polar surface area (TPSA) is 20.3 Å². The molecule has 0 radical (unpaired) electrons. The predicted octanol–water partition coefficient (Wildman–Crippen LogP) is 3.24. The lowest BCUT2D eigenvalue weighted by Gasteiger charge is -2.25. The van der Waals surface area contributed by atoms with Crippen molar-refractivity contribution >= 4 is 17.7 Å². The second kappa shape index (κ2) is 6.23. The average molecular weight is 267 g/mol. The van der Waals surface area contributed by atoms with Gasteiger partial charge in [-0.1, -0.05) is 19.1 Å². The molecule has 1 unspecified atom stereocenters. The van der Waals surface area contributed by atoms with Crippen LogP contribution in [0.15, 0.2) is 24.3 Å². The van der Waals surface area contributed by atoms with E-state index in [9.17, 15) is 9.18 Å². The first-order valence-electron chi connectivity index (χ1n) is 6.35. The molecule has 0 bridgehead atoms. The van der Waals surface area contributed by atoms with Crippen LogP contribution < -0.4 is 0 Å². The fourth-order valence-electron chi connectivity index (χ4n) is 2.37. The van der Waals surface area contributed by atoms with Gasteiger partial charge in [0, 0.05) is 6.54 Å². The van der Waals surface area contributed by atoms with Crippen LogP contribution in [0.2, 0.25) is 0 Å². The van der Waals surface area contributed by atoms with Crippen molar-refractivity contribution in [1.82, 2.24) is 4.90 Å². The Bertz CT molecular complexity index is 407. The summed E-state index contributed by atoms with van der Waals surface area (Å²) in [7, 11) is 0. The highest BCUT2D eigenvalue weighted by atomic mass is 32.2. The molecule has 1 aromatic rings. The van der Waals surface area contributed by atoms with Crippen molar-refractivity contribution in [2.45, 2.75) is 25.8 Å². The molecule has 1 heterocycles. The number of halogens is 1. The van der Waals surface area contributed by atoms with Gasteiger partial charge >= 0.3 is 0 Å². The van der Waals surface area contributed by atoms with Crippen LogP contribution in [0.3, 0.4) is 0 Å². The van der Waals surface area contributed by atoms with Crippen LogP contribution in [-0.2, 0) is 4.79 Å². The number of rotatable bonds is 4. The largest absolute Gasteiger partial charge is 0.335 e. The Kier molecular flexibility index (Phi) is 4.64. The van der Waals surface area contributed by atoms with Crippen molar-refractivity contribution in [3.63, 3.8) is 0 Å². The molecule has 1 atom stereocenters. The summed E-state index contributed by atoms with van der Waals surface area (Å²) in [5.41, 5.74) is 1.05. The minimum Gasteiger partial charge on any atom is -0.335 e. The Balaban J connectivity index is 2.07. The third-order valence-corrected chi connectivity index (χ3v) is 4.12. The van der Waals surface area contributed by atoms with Gasteiger partial charge in [0.1, 0.15) is 5.82 Å². The second-order valence-electron chi connectivity index (χ2n) is 4.43. The summed E-state index contributed by atoms with van der Waals surface area (Å²) in [6.07, 6.45) is 2.01. The molecule has 1 aromatic carbocycles. The summed E-state index contributed by atoms with van der Waals surface area (Å²) in [5.74, 6) is 1.49. The third-order valence-electron chi connectivity index (χ3n) is 3.26. The molecule has 18 heavy (non-hydrogen) atoms. The molecule has 0 aromatic heterocycles. The van der Waals surface area contributed by atoms with Crippen LogP contribution >= 0.6 is 11.8 Å². The van der Waals surface area contributed by atoms with E-state index in [0.717, 1.165) is 30.7 Å². The van der Waals surface area contributed by atoms with E-state index in [1.165, 1.54) is 12.1 Å². The number of carbonyl (C=O) groups is 1. The number of carbonyl (C=O) groups excluding carboxylic acids is 1. The normalized spacial score (nSPS) is 19.2. The minimum atomic E-state index is -0.226. The van der Waals surface area contributed by atoms with Gasteiger partial charge in [-0.25, -0.2) is 4.39 Å². The maximum atomic E-state index is 12.9. The Morgan fingerprint density at radius 1 is 1.44 bits per heavy atom. The molecule has 1 fully saturated rings. The van der Waals surface area contributed by atoms with Crippen LogP contribution in [0.1, 0.15) is 31.4 Å². The lowest BCUT2D eigenvalue weighted by Crippen LogP contribution is -2.32. The van der Waals surface area contributed by atoms with Crippen LogP contribution in [0.5, 0.6) is 0 Å². The Morgan fingerprint density at radius 3 is 2.83 bits per heavy atom.